The van der Waals surface area contributed by atoms with Crippen molar-refractivity contribution in [2.45, 2.75) is 26.0 Å². The van der Waals surface area contributed by atoms with Crippen LogP contribution in [0.4, 0.5) is 11.6 Å². The van der Waals surface area contributed by atoms with Gasteiger partial charge in [-0.2, -0.15) is 0 Å². The Labute approximate surface area is 123 Å². The van der Waals surface area contributed by atoms with Gasteiger partial charge in [0.2, 0.25) is 0 Å². The van der Waals surface area contributed by atoms with Gasteiger partial charge in [-0.3, -0.25) is 0 Å². The molecule has 0 aromatic carbocycles. The summed E-state index contributed by atoms with van der Waals surface area (Å²) in [6.07, 6.45) is 0.999. The molecule has 0 aliphatic heterocycles. The van der Waals surface area contributed by atoms with Gasteiger partial charge >= 0.3 is 0 Å². The lowest BCUT2D eigenvalue weighted by atomic mass is 10.2. The van der Waals surface area contributed by atoms with E-state index in [9.17, 15) is 0 Å². The van der Waals surface area contributed by atoms with Gasteiger partial charge in [0.05, 0.1) is 6.04 Å². The smallest absolute Gasteiger partial charge is 0.158 e. The van der Waals surface area contributed by atoms with Crippen molar-refractivity contribution in [3.05, 3.63) is 34.3 Å². The number of anilines is 2. The monoisotopic (exact) mass is 292 g/mol. The van der Waals surface area contributed by atoms with Gasteiger partial charge in [0, 0.05) is 25.1 Å². The standard InChI is InChI=1S/C14H20N4OS/c1-4-10(11-6-5-7-20-11)16-13-8-12(15-2)17-14(18-13)9-19-3/h5-8,10H,4,9H2,1-3H3,(H2,15,16,17,18). The van der Waals surface area contributed by atoms with Crippen molar-refractivity contribution >= 4 is 23.0 Å². The highest BCUT2D eigenvalue weighted by atomic mass is 32.1. The SMILES string of the molecule is CCC(Nc1cc(NC)nc(COC)n1)c1cccs1. The Balaban J connectivity index is 2.20. The Hall–Kier alpha value is -1.66. The molecule has 0 saturated heterocycles. The van der Waals surface area contributed by atoms with Crippen molar-refractivity contribution in [2.24, 2.45) is 0 Å². The molecule has 2 heterocycles. The fourth-order valence-electron chi connectivity index (χ4n) is 1.94. The highest BCUT2D eigenvalue weighted by molar-refractivity contribution is 7.10. The van der Waals surface area contributed by atoms with Crippen LogP contribution in [0.2, 0.25) is 0 Å². The van der Waals surface area contributed by atoms with E-state index >= 15 is 0 Å². The van der Waals surface area contributed by atoms with Crippen molar-refractivity contribution in [3.8, 4) is 0 Å². The molecule has 6 heteroatoms. The summed E-state index contributed by atoms with van der Waals surface area (Å²) >= 11 is 1.75. The van der Waals surface area contributed by atoms with Gasteiger partial charge < -0.3 is 15.4 Å². The zero-order valence-corrected chi connectivity index (χ0v) is 12.8. The lowest BCUT2D eigenvalue weighted by Gasteiger charge is -2.17. The molecule has 0 fully saturated rings. The lowest BCUT2D eigenvalue weighted by molar-refractivity contribution is 0.178. The second-order valence-electron chi connectivity index (χ2n) is 4.36. The average molecular weight is 292 g/mol. The number of aromatic nitrogens is 2. The minimum Gasteiger partial charge on any atom is -0.377 e. The van der Waals surface area contributed by atoms with Crippen LogP contribution in [0.1, 0.15) is 30.1 Å². The maximum absolute atomic E-state index is 5.11. The number of ether oxygens (including phenoxy) is 1. The number of thiophene rings is 1. The molecule has 108 valence electrons. The van der Waals surface area contributed by atoms with Crippen LogP contribution >= 0.6 is 11.3 Å². The number of nitrogens with one attached hydrogen (secondary N) is 2. The van der Waals surface area contributed by atoms with Gasteiger partial charge in [0.1, 0.15) is 18.2 Å². The summed E-state index contributed by atoms with van der Waals surface area (Å²) in [5.74, 6) is 2.27. The number of methoxy groups -OCH3 is 1. The molecule has 0 amide bonds. The molecular weight excluding hydrogens is 272 g/mol. The Morgan fingerprint density at radius 1 is 1.35 bits per heavy atom. The van der Waals surface area contributed by atoms with Crippen molar-refractivity contribution in [1.29, 1.82) is 0 Å². The fraction of sp³-hybridized carbons (Fsp3) is 0.429. The molecule has 1 unspecified atom stereocenters. The van der Waals surface area contributed by atoms with Gasteiger partial charge in [-0.15, -0.1) is 11.3 Å². The Bertz CT molecular complexity index is 530. The molecule has 0 aliphatic carbocycles. The first-order valence-corrected chi connectivity index (χ1v) is 7.49. The fourth-order valence-corrected chi connectivity index (χ4v) is 2.80. The molecule has 2 aromatic rings. The van der Waals surface area contributed by atoms with Crippen LogP contribution in [0.5, 0.6) is 0 Å². The first-order chi connectivity index (χ1) is 9.76. The number of nitrogens with zero attached hydrogens (tertiary/aromatic N) is 2. The summed E-state index contributed by atoms with van der Waals surface area (Å²) in [5.41, 5.74) is 0. The van der Waals surface area contributed by atoms with Crippen LogP contribution in [-0.4, -0.2) is 24.1 Å². The molecule has 0 spiro atoms. The zero-order valence-electron chi connectivity index (χ0n) is 12.0. The molecule has 1 atom stereocenters. The molecule has 2 N–H and O–H groups in total. The highest BCUT2D eigenvalue weighted by Crippen LogP contribution is 2.26. The third-order valence-electron chi connectivity index (χ3n) is 2.92. The summed E-state index contributed by atoms with van der Waals surface area (Å²) in [4.78, 5) is 10.1. The van der Waals surface area contributed by atoms with Crippen molar-refractivity contribution in [3.63, 3.8) is 0 Å². The van der Waals surface area contributed by atoms with Crippen LogP contribution in [0.3, 0.4) is 0 Å². The van der Waals surface area contributed by atoms with E-state index in [1.54, 1.807) is 18.4 Å². The van der Waals surface area contributed by atoms with E-state index in [0.717, 1.165) is 18.1 Å². The molecule has 0 radical (unpaired) electrons. The Kier molecular flexibility index (Phi) is 5.31. The predicted molar refractivity (Wildman–Crippen MR) is 83.3 cm³/mol. The maximum Gasteiger partial charge on any atom is 0.158 e. The van der Waals surface area contributed by atoms with Gasteiger partial charge in [-0.1, -0.05) is 13.0 Å². The average Bonchev–Trinajstić information content (AvgIpc) is 2.99. The van der Waals surface area contributed by atoms with Gasteiger partial charge in [-0.05, 0) is 17.9 Å². The Morgan fingerprint density at radius 2 is 2.15 bits per heavy atom. The molecule has 2 rings (SSSR count). The van der Waals surface area contributed by atoms with Crippen LogP contribution in [0.15, 0.2) is 23.6 Å². The van der Waals surface area contributed by atoms with Crippen molar-refractivity contribution in [1.82, 2.24) is 9.97 Å². The molecule has 0 saturated carbocycles. The van der Waals surface area contributed by atoms with Gasteiger partial charge in [-0.25, -0.2) is 9.97 Å². The number of hydrogen-bond donors (Lipinski definition) is 2. The van der Waals surface area contributed by atoms with Crippen molar-refractivity contribution in [2.75, 3.05) is 24.8 Å². The predicted octanol–water partition coefficient (Wildman–Crippen LogP) is 3.29. The number of hydrogen-bond acceptors (Lipinski definition) is 6. The second-order valence-corrected chi connectivity index (χ2v) is 5.34. The van der Waals surface area contributed by atoms with Gasteiger partial charge in [0.25, 0.3) is 0 Å². The summed E-state index contributed by atoms with van der Waals surface area (Å²) in [6, 6.07) is 6.39. The minimum absolute atomic E-state index is 0.269. The summed E-state index contributed by atoms with van der Waals surface area (Å²) < 4.78 is 5.11. The lowest BCUT2D eigenvalue weighted by Crippen LogP contribution is -2.12. The maximum atomic E-state index is 5.11. The van der Waals surface area contributed by atoms with Crippen LogP contribution in [0, 0.1) is 0 Å². The second kappa shape index (κ2) is 7.21. The third kappa shape index (κ3) is 3.68. The van der Waals surface area contributed by atoms with E-state index in [1.807, 2.05) is 13.1 Å². The van der Waals surface area contributed by atoms with E-state index in [-0.39, 0.29) is 6.04 Å². The first-order valence-electron chi connectivity index (χ1n) is 6.61. The first kappa shape index (κ1) is 14.7. The van der Waals surface area contributed by atoms with Crippen LogP contribution in [0.25, 0.3) is 0 Å². The molecular formula is C14H20N4OS. The minimum atomic E-state index is 0.269. The van der Waals surface area contributed by atoms with E-state index < -0.39 is 0 Å². The van der Waals surface area contributed by atoms with E-state index in [0.29, 0.717) is 12.4 Å². The topological polar surface area (TPSA) is 59.1 Å². The molecule has 2 aromatic heterocycles. The molecule has 20 heavy (non-hydrogen) atoms. The molecule has 0 bridgehead atoms. The van der Waals surface area contributed by atoms with E-state index in [4.69, 9.17) is 4.74 Å². The largest absolute Gasteiger partial charge is 0.377 e. The van der Waals surface area contributed by atoms with Crippen molar-refractivity contribution < 1.29 is 4.74 Å². The normalized spacial score (nSPS) is 12.2. The third-order valence-corrected chi connectivity index (χ3v) is 3.91. The summed E-state index contributed by atoms with van der Waals surface area (Å²) in [5, 5.41) is 8.61. The number of rotatable bonds is 7. The highest BCUT2D eigenvalue weighted by Gasteiger charge is 2.12. The zero-order chi connectivity index (χ0) is 14.4. The summed E-state index contributed by atoms with van der Waals surface area (Å²) in [7, 11) is 3.49. The molecule has 5 nitrogen and oxygen atoms in total. The van der Waals surface area contributed by atoms with Crippen LogP contribution in [-0.2, 0) is 11.3 Å². The Morgan fingerprint density at radius 3 is 2.75 bits per heavy atom. The van der Waals surface area contributed by atoms with E-state index in [2.05, 4.69) is 45.0 Å². The quantitative estimate of drug-likeness (QED) is 0.820. The van der Waals surface area contributed by atoms with E-state index in [1.165, 1.54) is 4.88 Å². The summed E-state index contributed by atoms with van der Waals surface area (Å²) in [6.45, 7) is 2.56. The van der Waals surface area contributed by atoms with Crippen LogP contribution < -0.4 is 10.6 Å². The van der Waals surface area contributed by atoms with Gasteiger partial charge in [0.15, 0.2) is 5.82 Å². The molecule has 0 aliphatic rings.